The van der Waals surface area contributed by atoms with Gasteiger partial charge in [-0.1, -0.05) is 23.7 Å². The molecule has 2 nitrogen and oxygen atoms in total. The topological polar surface area (TPSA) is 29.1 Å². The SMILES string of the molecule is O=C(Cc1cccc(F)c1)NCc1ccc(Cl)s1. The van der Waals surface area contributed by atoms with Gasteiger partial charge in [-0.15, -0.1) is 11.3 Å². The van der Waals surface area contributed by atoms with Crippen LogP contribution in [0.2, 0.25) is 4.34 Å². The molecule has 2 aromatic rings. The van der Waals surface area contributed by atoms with Crippen LogP contribution < -0.4 is 5.32 Å². The molecule has 1 aromatic carbocycles. The third-order valence-electron chi connectivity index (χ3n) is 2.34. The highest BCUT2D eigenvalue weighted by molar-refractivity contribution is 7.16. The lowest BCUT2D eigenvalue weighted by Crippen LogP contribution is -2.24. The summed E-state index contributed by atoms with van der Waals surface area (Å²) in [6.07, 6.45) is 0.177. The molecule has 94 valence electrons. The molecule has 0 aliphatic carbocycles. The molecule has 0 saturated heterocycles. The van der Waals surface area contributed by atoms with Crippen molar-refractivity contribution < 1.29 is 9.18 Å². The van der Waals surface area contributed by atoms with Crippen molar-refractivity contribution in [2.75, 3.05) is 0 Å². The Hall–Kier alpha value is -1.39. The third kappa shape index (κ3) is 3.82. The average Bonchev–Trinajstić information content (AvgIpc) is 2.73. The van der Waals surface area contributed by atoms with Crippen LogP contribution >= 0.6 is 22.9 Å². The molecule has 0 aliphatic heterocycles. The Bertz CT molecular complexity index is 555. The van der Waals surface area contributed by atoms with Crippen molar-refractivity contribution in [3.05, 3.63) is 57.0 Å². The van der Waals surface area contributed by atoms with E-state index in [0.717, 1.165) is 4.88 Å². The largest absolute Gasteiger partial charge is 0.351 e. The highest BCUT2D eigenvalue weighted by Crippen LogP contribution is 2.20. The number of nitrogens with one attached hydrogen (secondary N) is 1. The molecule has 0 aliphatic rings. The number of benzene rings is 1. The standard InChI is InChI=1S/C13H11ClFNOS/c14-12-5-4-11(18-12)8-16-13(17)7-9-2-1-3-10(15)6-9/h1-6H,7-8H2,(H,16,17). The van der Waals surface area contributed by atoms with Gasteiger partial charge in [0.25, 0.3) is 0 Å². The van der Waals surface area contributed by atoms with Gasteiger partial charge in [0.1, 0.15) is 5.82 Å². The minimum atomic E-state index is -0.328. The number of halogens is 2. The normalized spacial score (nSPS) is 10.3. The van der Waals surface area contributed by atoms with Gasteiger partial charge in [0, 0.05) is 4.88 Å². The van der Waals surface area contributed by atoms with Crippen LogP contribution in [-0.4, -0.2) is 5.91 Å². The van der Waals surface area contributed by atoms with E-state index in [4.69, 9.17) is 11.6 Å². The molecule has 1 N–H and O–H groups in total. The molecule has 1 heterocycles. The van der Waals surface area contributed by atoms with Crippen LogP contribution in [0.5, 0.6) is 0 Å². The summed E-state index contributed by atoms with van der Waals surface area (Å²) >= 11 is 7.22. The van der Waals surface area contributed by atoms with Crippen LogP contribution in [0.3, 0.4) is 0 Å². The molecule has 0 bridgehead atoms. The molecule has 0 fully saturated rings. The summed E-state index contributed by atoms with van der Waals surface area (Å²) in [6.45, 7) is 0.450. The van der Waals surface area contributed by atoms with E-state index in [2.05, 4.69) is 5.32 Å². The van der Waals surface area contributed by atoms with Crippen molar-refractivity contribution in [2.24, 2.45) is 0 Å². The second kappa shape index (κ2) is 5.98. The molecule has 1 aromatic heterocycles. The average molecular weight is 284 g/mol. The van der Waals surface area contributed by atoms with E-state index in [1.54, 1.807) is 18.2 Å². The number of amides is 1. The smallest absolute Gasteiger partial charge is 0.224 e. The Labute approximate surface area is 113 Å². The predicted molar refractivity (Wildman–Crippen MR) is 71.3 cm³/mol. The minimum Gasteiger partial charge on any atom is -0.351 e. The molecule has 0 spiro atoms. The van der Waals surface area contributed by atoms with Crippen LogP contribution in [0.4, 0.5) is 4.39 Å². The zero-order valence-electron chi connectivity index (χ0n) is 9.45. The summed E-state index contributed by atoms with van der Waals surface area (Å²) < 4.78 is 13.6. The molecular formula is C13H11ClFNOS. The van der Waals surface area contributed by atoms with Gasteiger partial charge >= 0.3 is 0 Å². The second-order valence-electron chi connectivity index (χ2n) is 3.79. The highest BCUT2D eigenvalue weighted by atomic mass is 35.5. The Morgan fingerprint density at radius 2 is 2.17 bits per heavy atom. The molecular weight excluding hydrogens is 273 g/mol. The van der Waals surface area contributed by atoms with E-state index in [-0.39, 0.29) is 18.1 Å². The van der Waals surface area contributed by atoms with Gasteiger partial charge in [0.15, 0.2) is 0 Å². The van der Waals surface area contributed by atoms with Crippen molar-refractivity contribution in [3.8, 4) is 0 Å². The summed E-state index contributed by atoms with van der Waals surface area (Å²) in [4.78, 5) is 12.6. The van der Waals surface area contributed by atoms with Crippen LogP contribution in [0.25, 0.3) is 0 Å². The van der Waals surface area contributed by atoms with E-state index in [0.29, 0.717) is 16.4 Å². The molecule has 0 saturated carbocycles. The Morgan fingerprint density at radius 3 is 2.83 bits per heavy atom. The molecule has 18 heavy (non-hydrogen) atoms. The number of rotatable bonds is 4. The first-order chi connectivity index (χ1) is 8.63. The molecule has 1 amide bonds. The Kier molecular flexibility index (Phi) is 4.33. The quantitative estimate of drug-likeness (QED) is 0.915. The zero-order valence-corrected chi connectivity index (χ0v) is 11.0. The fourth-order valence-corrected chi connectivity index (χ4v) is 2.55. The lowest BCUT2D eigenvalue weighted by molar-refractivity contribution is -0.120. The monoisotopic (exact) mass is 283 g/mol. The van der Waals surface area contributed by atoms with Gasteiger partial charge in [0.2, 0.25) is 5.91 Å². The second-order valence-corrected chi connectivity index (χ2v) is 5.59. The van der Waals surface area contributed by atoms with Crippen LogP contribution in [0.15, 0.2) is 36.4 Å². The molecule has 5 heteroatoms. The highest BCUT2D eigenvalue weighted by Gasteiger charge is 2.05. The molecule has 2 rings (SSSR count). The minimum absolute atomic E-state index is 0.134. The van der Waals surface area contributed by atoms with E-state index in [9.17, 15) is 9.18 Å². The first kappa shape index (κ1) is 13.1. The first-order valence-corrected chi connectivity index (χ1v) is 6.58. The van der Waals surface area contributed by atoms with Gasteiger partial charge in [0.05, 0.1) is 17.3 Å². The predicted octanol–water partition coefficient (Wildman–Crippen LogP) is 3.40. The third-order valence-corrected chi connectivity index (χ3v) is 3.57. The first-order valence-electron chi connectivity index (χ1n) is 5.39. The zero-order chi connectivity index (χ0) is 13.0. The van der Waals surface area contributed by atoms with E-state index in [1.165, 1.54) is 23.5 Å². The van der Waals surface area contributed by atoms with Crippen molar-refractivity contribution in [2.45, 2.75) is 13.0 Å². The summed E-state index contributed by atoms with van der Waals surface area (Å²) in [6, 6.07) is 9.70. The van der Waals surface area contributed by atoms with Crippen LogP contribution in [-0.2, 0) is 17.8 Å². The number of hydrogen-bond donors (Lipinski definition) is 1. The van der Waals surface area contributed by atoms with Gasteiger partial charge in [-0.25, -0.2) is 4.39 Å². The number of carbonyl (C=O) groups is 1. The summed E-state index contributed by atoms with van der Waals surface area (Å²) in [5, 5.41) is 2.77. The fourth-order valence-electron chi connectivity index (χ4n) is 1.53. The number of carbonyl (C=O) groups excluding carboxylic acids is 1. The van der Waals surface area contributed by atoms with E-state index in [1.807, 2.05) is 6.07 Å². The number of hydrogen-bond acceptors (Lipinski definition) is 2. The van der Waals surface area contributed by atoms with Crippen LogP contribution in [0.1, 0.15) is 10.4 Å². The Morgan fingerprint density at radius 1 is 1.33 bits per heavy atom. The van der Waals surface area contributed by atoms with Crippen molar-refractivity contribution in [3.63, 3.8) is 0 Å². The van der Waals surface area contributed by atoms with Gasteiger partial charge < -0.3 is 5.32 Å². The molecule has 0 unspecified atom stereocenters. The Balaban J connectivity index is 1.85. The van der Waals surface area contributed by atoms with Gasteiger partial charge in [-0.05, 0) is 29.8 Å². The molecule has 0 radical (unpaired) electrons. The fraction of sp³-hybridized carbons (Fsp3) is 0.154. The lowest BCUT2D eigenvalue weighted by atomic mass is 10.1. The molecule has 0 atom stereocenters. The van der Waals surface area contributed by atoms with Gasteiger partial charge in [-0.3, -0.25) is 4.79 Å². The maximum Gasteiger partial charge on any atom is 0.224 e. The number of thiophene rings is 1. The van der Waals surface area contributed by atoms with E-state index >= 15 is 0 Å². The summed E-state index contributed by atoms with van der Waals surface area (Å²) in [5.74, 6) is -0.463. The van der Waals surface area contributed by atoms with E-state index < -0.39 is 0 Å². The lowest BCUT2D eigenvalue weighted by Gasteiger charge is -2.03. The van der Waals surface area contributed by atoms with Crippen molar-refractivity contribution >= 4 is 28.8 Å². The summed E-state index contributed by atoms with van der Waals surface area (Å²) in [7, 11) is 0. The maximum atomic E-state index is 12.9. The maximum absolute atomic E-state index is 12.9. The summed E-state index contributed by atoms with van der Waals surface area (Å²) in [5.41, 5.74) is 0.664. The van der Waals surface area contributed by atoms with Crippen LogP contribution in [0, 0.1) is 5.82 Å². The van der Waals surface area contributed by atoms with Gasteiger partial charge in [-0.2, -0.15) is 0 Å². The van der Waals surface area contributed by atoms with Crippen molar-refractivity contribution in [1.82, 2.24) is 5.32 Å². The van der Waals surface area contributed by atoms with Crippen molar-refractivity contribution in [1.29, 1.82) is 0 Å².